The second-order valence-electron chi connectivity index (χ2n) is 9.75. The highest BCUT2D eigenvalue weighted by atomic mass is 31.2. The monoisotopic (exact) mass is 604 g/mol. The van der Waals surface area contributed by atoms with Crippen LogP contribution in [0, 0.1) is 0 Å². The van der Waals surface area contributed by atoms with Crippen molar-refractivity contribution in [3.05, 3.63) is 36.5 Å². The van der Waals surface area contributed by atoms with Crippen LogP contribution >= 0.6 is 7.82 Å². The van der Waals surface area contributed by atoms with Gasteiger partial charge in [-0.1, -0.05) is 82.4 Å². The summed E-state index contributed by atoms with van der Waals surface area (Å²) >= 11 is 0. The molecule has 41 heavy (non-hydrogen) atoms. The Morgan fingerprint density at radius 3 is 2.00 bits per heavy atom. The molecule has 0 aromatic carbocycles. The Morgan fingerprint density at radius 2 is 1.34 bits per heavy atom. The van der Waals surface area contributed by atoms with Gasteiger partial charge in [0, 0.05) is 12.8 Å². The molecule has 3 N–H and O–H groups in total. The number of allylic oxidation sites excluding steroid dienone is 6. The molecule has 0 aromatic rings. The molecule has 3 atom stereocenters. The Bertz CT molecular complexity index is 796. The van der Waals surface area contributed by atoms with E-state index in [1.165, 1.54) is 0 Å². The van der Waals surface area contributed by atoms with Crippen LogP contribution in [0.15, 0.2) is 36.5 Å². The van der Waals surface area contributed by atoms with Gasteiger partial charge < -0.3 is 24.6 Å². The van der Waals surface area contributed by atoms with Gasteiger partial charge in [-0.25, -0.2) is 4.57 Å². The molecule has 0 rings (SSSR count). The number of unbranched alkanes of at least 4 members (excludes halogenated alkanes) is 7. The second-order valence-corrected chi connectivity index (χ2v) is 11.2. The van der Waals surface area contributed by atoms with E-state index in [1.54, 1.807) is 0 Å². The molecule has 0 amide bonds. The molecule has 0 aliphatic carbocycles. The Kier molecular flexibility index (Phi) is 25.9. The van der Waals surface area contributed by atoms with Crippen molar-refractivity contribution in [2.24, 2.45) is 0 Å². The van der Waals surface area contributed by atoms with Crippen LogP contribution in [0.3, 0.4) is 0 Å². The zero-order valence-corrected chi connectivity index (χ0v) is 25.9. The highest BCUT2D eigenvalue weighted by Crippen LogP contribution is 2.43. The molecule has 0 fully saturated rings. The van der Waals surface area contributed by atoms with Crippen LogP contribution in [0.1, 0.15) is 104 Å². The first-order valence-electron chi connectivity index (χ1n) is 14.9. The van der Waals surface area contributed by atoms with E-state index in [1.807, 2.05) is 0 Å². The van der Waals surface area contributed by atoms with Gasteiger partial charge >= 0.3 is 19.8 Å². The molecular formula is C30H53O10P. The van der Waals surface area contributed by atoms with E-state index in [0.717, 1.165) is 64.2 Å². The summed E-state index contributed by atoms with van der Waals surface area (Å²) in [5.41, 5.74) is 0. The molecule has 0 aromatic heterocycles. The van der Waals surface area contributed by atoms with Crippen molar-refractivity contribution in [3.8, 4) is 0 Å². The number of hydrogen-bond donors (Lipinski definition) is 3. The van der Waals surface area contributed by atoms with Gasteiger partial charge in [0.1, 0.15) is 12.7 Å². The van der Waals surface area contributed by atoms with Crippen LogP contribution in [0.25, 0.3) is 0 Å². The van der Waals surface area contributed by atoms with Crippen LogP contribution < -0.4 is 0 Å². The standard InChI is InChI=1S/C30H53O10P/c1-3-5-7-9-10-11-12-13-14-15-16-18-20-22-30(34)40-28(25-37-29(33)21-19-17-8-6-4-2)26-39-41(35,36)38-24-27(32)23-31/h5,7,10-11,13-14,27-28,31-32H,3-4,6,8-9,12,15-26H2,1-2H3,(H,35,36)/b7-5-,11-10-,14-13-. The summed E-state index contributed by atoms with van der Waals surface area (Å²) in [7, 11) is -4.60. The van der Waals surface area contributed by atoms with E-state index < -0.39 is 51.8 Å². The number of phosphoric acid groups is 1. The van der Waals surface area contributed by atoms with Crippen LogP contribution in [0.5, 0.6) is 0 Å². The first-order valence-corrected chi connectivity index (χ1v) is 16.4. The average Bonchev–Trinajstić information content (AvgIpc) is 2.95. The number of esters is 2. The fourth-order valence-corrected chi connectivity index (χ4v) is 4.26. The summed E-state index contributed by atoms with van der Waals surface area (Å²) in [6.45, 7) is 2.07. The summed E-state index contributed by atoms with van der Waals surface area (Å²) in [6, 6.07) is 0. The van der Waals surface area contributed by atoms with Gasteiger partial charge in [-0.2, -0.15) is 0 Å². The molecule has 0 bridgehead atoms. The van der Waals surface area contributed by atoms with Gasteiger partial charge in [0.25, 0.3) is 0 Å². The number of hydrogen-bond acceptors (Lipinski definition) is 9. The third kappa shape index (κ3) is 26.8. The molecule has 0 aliphatic rings. The minimum absolute atomic E-state index is 0.148. The smallest absolute Gasteiger partial charge is 0.462 e. The van der Waals surface area contributed by atoms with Gasteiger partial charge in [-0.15, -0.1) is 0 Å². The number of phosphoric ester groups is 1. The minimum atomic E-state index is -4.60. The van der Waals surface area contributed by atoms with Crippen molar-refractivity contribution in [1.29, 1.82) is 0 Å². The Labute approximate surface area is 246 Å². The van der Waals surface area contributed by atoms with Crippen molar-refractivity contribution in [2.45, 2.75) is 116 Å². The van der Waals surface area contributed by atoms with E-state index in [2.05, 4.69) is 54.8 Å². The SMILES string of the molecule is CC/C=C\C/C=C\C/C=C\CCCCCC(=O)OC(COC(=O)CCCCCCC)COP(=O)(O)OCC(O)CO. The van der Waals surface area contributed by atoms with Crippen LogP contribution in [0.4, 0.5) is 0 Å². The molecule has 3 unspecified atom stereocenters. The fourth-order valence-electron chi connectivity index (χ4n) is 3.47. The van der Waals surface area contributed by atoms with Crippen molar-refractivity contribution < 1.29 is 47.8 Å². The molecule has 0 spiro atoms. The van der Waals surface area contributed by atoms with Crippen LogP contribution in [-0.2, 0) is 32.7 Å². The van der Waals surface area contributed by atoms with Crippen molar-refractivity contribution in [3.63, 3.8) is 0 Å². The van der Waals surface area contributed by atoms with E-state index >= 15 is 0 Å². The number of ether oxygens (including phenoxy) is 2. The van der Waals surface area contributed by atoms with Crippen molar-refractivity contribution in [1.82, 2.24) is 0 Å². The minimum Gasteiger partial charge on any atom is -0.462 e. The molecule has 10 nitrogen and oxygen atoms in total. The van der Waals surface area contributed by atoms with E-state index in [9.17, 15) is 24.2 Å². The summed E-state index contributed by atoms with van der Waals surface area (Å²) in [5.74, 6) is -0.981. The maximum atomic E-state index is 12.4. The number of carbonyl (C=O) groups is 2. The highest BCUT2D eigenvalue weighted by molar-refractivity contribution is 7.47. The lowest BCUT2D eigenvalue weighted by atomic mass is 10.1. The number of aliphatic hydroxyl groups excluding tert-OH is 2. The molecule has 11 heteroatoms. The van der Waals surface area contributed by atoms with Gasteiger partial charge in [0.15, 0.2) is 6.10 Å². The van der Waals surface area contributed by atoms with Crippen molar-refractivity contribution in [2.75, 3.05) is 26.4 Å². The lowest BCUT2D eigenvalue weighted by Gasteiger charge is -2.20. The fraction of sp³-hybridized carbons (Fsp3) is 0.733. The third-order valence-electron chi connectivity index (χ3n) is 5.81. The molecule has 0 saturated carbocycles. The number of aliphatic hydroxyl groups is 2. The Balaban J connectivity index is 4.51. The van der Waals surface area contributed by atoms with Crippen molar-refractivity contribution >= 4 is 19.8 Å². The summed E-state index contributed by atoms with van der Waals surface area (Å²) in [6.07, 6.45) is 21.8. The highest BCUT2D eigenvalue weighted by Gasteiger charge is 2.27. The predicted octanol–water partition coefficient (Wildman–Crippen LogP) is 6.10. The van der Waals surface area contributed by atoms with Gasteiger partial charge in [0.2, 0.25) is 0 Å². The maximum absolute atomic E-state index is 12.4. The zero-order valence-electron chi connectivity index (χ0n) is 25.0. The van der Waals surface area contributed by atoms with Crippen LogP contribution in [-0.4, -0.2) is 65.7 Å². The molecule has 0 saturated heterocycles. The quantitative estimate of drug-likeness (QED) is 0.0435. The Hall–Kier alpha value is -1.81. The molecule has 238 valence electrons. The summed E-state index contributed by atoms with van der Waals surface area (Å²) in [5, 5.41) is 18.1. The van der Waals surface area contributed by atoms with Gasteiger partial charge in [0.05, 0.1) is 19.8 Å². The largest absolute Gasteiger partial charge is 0.472 e. The molecular weight excluding hydrogens is 551 g/mol. The summed E-state index contributed by atoms with van der Waals surface area (Å²) in [4.78, 5) is 34.3. The zero-order chi connectivity index (χ0) is 30.6. The summed E-state index contributed by atoms with van der Waals surface area (Å²) < 4.78 is 32.1. The first-order chi connectivity index (χ1) is 19.7. The van der Waals surface area contributed by atoms with Gasteiger partial charge in [-0.05, 0) is 44.9 Å². The first kappa shape index (κ1) is 39.2. The molecule has 0 radical (unpaired) electrons. The topological polar surface area (TPSA) is 149 Å². The number of rotatable bonds is 27. The van der Waals surface area contributed by atoms with E-state index in [4.69, 9.17) is 19.1 Å². The molecule has 0 aliphatic heterocycles. The third-order valence-corrected chi connectivity index (χ3v) is 6.76. The normalized spacial score (nSPS) is 15.0. The van der Waals surface area contributed by atoms with Crippen LogP contribution in [0.2, 0.25) is 0 Å². The van der Waals surface area contributed by atoms with Gasteiger partial charge in [-0.3, -0.25) is 18.6 Å². The molecule has 0 heterocycles. The lowest BCUT2D eigenvalue weighted by Crippen LogP contribution is -2.29. The van der Waals surface area contributed by atoms with E-state index in [0.29, 0.717) is 12.8 Å². The second kappa shape index (κ2) is 27.0. The lowest BCUT2D eigenvalue weighted by molar-refractivity contribution is -0.161. The predicted molar refractivity (Wildman–Crippen MR) is 159 cm³/mol. The average molecular weight is 605 g/mol. The van der Waals surface area contributed by atoms with E-state index in [-0.39, 0.29) is 19.4 Å². The Morgan fingerprint density at radius 1 is 0.756 bits per heavy atom. The number of carbonyl (C=O) groups excluding carboxylic acids is 2. The maximum Gasteiger partial charge on any atom is 0.472 e.